The summed E-state index contributed by atoms with van der Waals surface area (Å²) in [5.41, 5.74) is 0.922. The number of hydrogen-bond acceptors (Lipinski definition) is 6. The zero-order valence-corrected chi connectivity index (χ0v) is 12.7. The van der Waals surface area contributed by atoms with Crippen LogP contribution in [-0.2, 0) is 16.1 Å². The third-order valence-corrected chi connectivity index (χ3v) is 4.27. The number of nitrogens with zero attached hydrogens (tertiary/aromatic N) is 3. The summed E-state index contributed by atoms with van der Waals surface area (Å²) in [6, 6.07) is 0. The molecule has 20 heavy (non-hydrogen) atoms. The van der Waals surface area contributed by atoms with Crippen LogP contribution >= 0.6 is 0 Å². The number of aryl methyl sites for hydroxylation is 1. The molecule has 1 saturated carbocycles. The van der Waals surface area contributed by atoms with Crippen molar-refractivity contribution >= 4 is 5.97 Å². The molecule has 0 bridgehead atoms. The van der Waals surface area contributed by atoms with Crippen LogP contribution in [0, 0.1) is 12.8 Å². The van der Waals surface area contributed by atoms with Crippen molar-refractivity contribution in [3.63, 3.8) is 0 Å². The van der Waals surface area contributed by atoms with Gasteiger partial charge in [-0.2, -0.15) is 0 Å². The molecule has 1 aromatic rings. The van der Waals surface area contributed by atoms with Crippen molar-refractivity contribution in [1.82, 2.24) is 15.2 Å². The molecule has 0 amide bonds. The molecule has 6 nitrogen and oxygen atoms in total. The molecule has 0 aromatic carbocycles. The van der Waals surface area contributed by atoms with Gasteiger partial charge < -0.3 is 4.74 Å². The molecule has 6 heteroatoms. The normalized spacial score (nSPS) is 18.1. The second-order valence-corrected chi connectivity index (χ2v) is 5.74. The summed E-state index contributed by atoms with van der Waals surface area (Å²) in [6.45, 7) is 7.24. The molecule has 0 N–H and O–H groups in total. The van der Waals surface area contributed by atoms with Gasteiger partial charge in [-0.05, 0) is 39.0 Å². The van der Waals surface area contributed by atoms with E-state index in [-0.39, 0.29) is 5.97 Å². The second-order valence-electron chi connectivity index (χ2n) is 5.74. The number of esters is 1. The summed E-state index contributed by atoms with van der Waals surface area (Å²) in [5.74, 6) is 0.473. The van der Waals surface area contributed by atoms with Crippen LogP contribution in [0.5, 0.6) is 0 Å². The highest BCUT2D eigenvalue weighted by molar-refractivity contribution is 5.80. The highest BCUT2D eigenvalue weighted by atomic mass is 16.6. The van der Waals surface area contributed by atoms with E-state index in [4.69, 9.17) is 9.37 Å². The summed E-state index contributed by atoms with van der Waals surface area (Å²) < 4.78 is 9.76. The summed E-state index contributed by atoms with van der Waals surface area (Å²) in [5, 5.41) is 7.74. The first-order valence-electron chi connectivity index (χ1n) is 7.12. The van der Waals surface area contributed by atoms with E-state index in [1.165, 1.54) is 20.0 Å². The van der Waals surface area contributed by atoms with Crippen LogP contribution in [0.15, 0.2) is 4.63 Å². The van der Waals surface area contributed by atoms with E-state index in [9.17, 15) is 4.79 Å². The molecule has 1 atom stereocenters. The Hall–Kier alpha value is -1.43. The average Bonchev–Trinajstić information content (AvgIpc) is 3.18. The maximum atomic E-state index is 12.2. The predicted octanol–water partition coefficient (Wildman–Crippen LogP) is 1.93. The number of ether oxygens (including phenoxy) is 1. The average molecular weight is 281 g/mol. The Labute approximate surface area is 119 Å². The molecule has 1 aliphatic rings. The number of hydrogen-bond donors (Lipinski definition) is 0. The smallest absolute Gasteiger partial charge is 0.325 e. The summed E-state index contributed by atoms with van der Waals surface area (Å²) in [4.78, 5) is 14.4. The number of carbonyl (C=O) groups excluding carboxylic acids is 1. The lowest BCUT2D eigenvalue weighted by Crippen LogP contribution is -2.53. The van der Waals surface area contributed by atoms with Gasteiger partial charge in [0.25, 0.3) is 0 Å². The quantitative estimate of drug-likeness (QED) is 0.711. The van der Waals surface area contributed by atoms with Gasteiger partial charge in [0.2, 0.25) is 0 Å². The van der Waals surface area contributed by atoms with Crippen LogP contribution in [-0.4, -0.2) is 40.4 Å². The molecule has 2 rings (SSSR count). The van der Waals surface area contributed by atoms with E-state index < -0.39 is 5.54 Å². The molecular weight excluding hydrogens is 258 g/mol. The van der Waals surface area contributed by atoms with Gasteiger partial charge in [0.05, 0.1) is 7.11 Å². The number of rotatable bonds is 7. The minimum absolute atomic E-state index is 0.199. The van der Waals surface area contributed by atoms with Gasteiger partial charge in [0.15, 0.2) is 0 Å². The second kappa shape index (κ2) is 5.91. The van der Waals surface area contributed by atoms with Crippen molar-refractivity contribution < 1.29 is 14.2 Å². The summed E-state index contributed by atoms with van der Waals surface area (Å²) in [7, 11) is 1.44. The van der Waals surface area contributed by atoms with E-state index in [2.05, 4.69) is 15.2 Å². The Morgan fingerprint density at radius 3 is 2.65 bits per heavy atom. The maximum Gasteiger partial charge on any atom is 0.325 e. The lowest BCUT2D eigenvalue weighted by atomic mass is 9.95. The van der Waals surface area contributed by atoms with Crippen LogP contribution in [0.3, 0.4) is 0 Å². The van der Waals surface area contributed by atoms with Crippen LogP contribution < -0.4 is 0 Å². The largest absolute Gasteiger partial charge is 0.468 e. The van der Waals surface area contributed by atoms with Gasteiger partial charge in [0, 0.05) is 13.1 Å². The molecule has 0 aliphatic heterocycles. The van der Waals surface area contributed by atoms with Crippen molar-refractivity contribution in [2.45, 2.75) is 52.1 Å². The van der Waals surface area contributed by atoms with E-state index in [1.807, 2.05) is 20.8 Å². The van der Waals surface area contributed by atoms with E-state index in [0.717, 1.165) is 17.9 Å². The topological polar surface area (TPSA) is 68.5 Å². The first-order valence-corrected chi connectivity index (χ1v) is 7.12. The van der Waals surface area contributed by atoms with Gasteiger partial charge in [-0.15, -0.1) is 0 Å². The Morgan fingerprint density at radius 2 is 2.20 bits per heavy atom. The monoisotopic (exact) mass is 281 g/mol. The minimum atomic E-state index is -0.636. The highest BCUT2D eigenvalue weighted by Crippen LogP contribution is 2.34. The molecule has 1 aromatic heterocycles. The van der Waals surface area contributed by atoms with E-state index in [0.29, 0.717) is 18.9 Å². The number of aromatic nitrogens is 2. The van der Waals surface area contributed by atoms with Crippen LogP contribution in [0.4, 0.5) is 0 Å². The third-order valence-electron chi connectivity index (χ3n) is 4.27. The Bertz CT molecular complexity index is 470. The summed E-state index contributed by atoms with van der Waals surface area (Å²) >= 11 is 0. The van der Waals surface area contributed by atoms with Gasteiger partial charge in [0.1, 0.15) is 16.9 Å². The third kappa shape index (κ3) is 3.00. The molecule has 0 spiro atoms. The first-order chi connectivity index (χ1) is 9.51. The van der Waals surface area contributed by atoms with E-state index >= 15 is 0 Å². The van der Waals surface area contributed by atoms with Crippen molar-refractivity contribution in [2.75, 3.05) is 13.7 Å². The van der Waals surface area contributed by atoms with Gasteiger partial charge in [-0.3, -0.25) is 9.69 Å². The van der Waals surface area contributed by atoms with Crippen molar-refractivity contribution in [2.24, 2.45) is 5.92 Å². The molecule has 112 valence electrons. The van der Waals surface area contributed by atoms with Gasteiger partial charge in [-0.25, -0.2) is 4.63 Å². The van der Waals surface area contributed by atoms with Gasteiger partial charge in [-0.1, -0.05) is 17.2 Å². The van der Waals surface area contributed by atoms with Crippen molar-refractivity contribution in [3.8, 4) is 0 Å². The Morgan fingerprint density at radius 1 is 1.50 bits per heavy atom. The lowest BCUT2D eigenvalue weighted by molar-refractivity contribution is -0.155. The van der Waals surface area contributed by atoms with Crippen molar-refractivity contribution in [1.29, 1.82) is 0 Å². The predicted molar refractivity (Wildman–Crippen MR) is 72.9 cm³/mol. The first kappa shape index (κ1) is 15.0. The molecule has 1 fully saturated rings. The van der Waals surface area contributed by atoms with Crippen LogP contribution in [0.1, 0.15) is 44.5 Å². The molecule has 1 aliphatic carbocycles. The fourth-order valence-corrected chi connectivity index (χ4v) is 2.34. The minimum Gasteiger partial charge on any atom is -0.468 e. The number of carbonyl (C=O) groups is 1. The van der Waals surface area contributed by atoms with Crippen molar-refractivity contribution in [3.05, 3.63) is 11.4 Å². The number of methoxy groups -OCH3 is 1. The Balaban J connectivity index is 2.21. The highest BCUT2D eigenvalue weighted by Gasteiger charge is 2.41. The maximum absolute atomic E-state index is 12.2. The SMILES string of the molecule is CC[C@@](C)(C(=O)OC)N(Cc1nonc1C)CC1CC1. The Kier molecular flexibility index (Phi) is 4.42. The van der Waals surface area contributed by atoms with E-state index in [1.54, 1.807) is 0 Å². The molecule has 0 saturated heterocycles. The standard InChI is InChI=1S/C14H23N3O3/c1-5-14(3,13(18)19-4)17(8-11-6-7-11)9-12-10(2)15-20-16-12/h11H,5-9H2,1-4H3/t14-/m0/s1. The zero-order valence-electron chi connectivity index (χ0n) is 12.7. The molecular formula is C14H23N3O3. The summed E-state index contributed by atoms with van der Waals surface area (Å²) in [6.07, 6.45) is 3.15. The molecule has 0 unspecified atom stereocenters. The van der Waals surface area contributed by atoms with Crippen LogP contribution in [0.25, 0.3) is 0 Å². The fraction of sp³-hybridized carbons (Fsp3) is 0.786. The van der Waals surface area contributed by atoms with Gasteiger partial charge >= 0.3 is 5.97 Å². The van der Waals surface area contributed by atoms with Crippen LogP contribution in [0.2, 0.25) is 0 Å². The lowest BCUT2D eigenvalue weighted by Gasteiger charge is -2.38. The zero-order chi connectivity index (χ0) is 14.8. The fourth-order valence-electron chi connectivity index (χ4n) is 2.34. The molecule has 0 radical (unpaired) electrons. The molecule has 1 heterocycles.